The van der Waals surface area contributed by atoms with Gasteiger partial charge in [-0.25, -0.2) is 12.4 Å². The molecule has 0 saturated carbocycles. The SMILES string of the molecule is Cc1ccc(S(=O)(=O)n2ccc(C(=O)Nc3ccn(CC(N)=O)n3)c2)cc1. The zero-order chi connectivity index (χ0) is 19.6. The first-order valence-corrected chi connectivity index (χ1v) is 9.33. The van der Waals surface area contributed by atoms with Crippen LogP contribution in [0.3, 0.4) is 0 Å². The maximum absolute atomic E-state index is 12.6. The standard InChI is InChI=1S/C17H17N5O4S/c1-12-2-4-14(5-3-12)27(25,26)22-9-6-13(10-22)17(24)19-16-7-8-21(20-16)11-15(18)23/h2-10H,11H2,1H3,(H2,18,23)(H,19,20,24). The maximum Gasteiger partial charge on any atom is 0.267 e. The topological polar surface area (TPSA) is 129 Å². The lowest BCUT2D eigenvalue weighted by molar-refractivity contribution is -0.118. The fourth-order valence-corrected chi connectivity index (χ4v) is 3.55. The molecule has 0 saturated heterocycles. The monoisotopic (exact) mass is 387 g/mol. The summed E-state index contributed by atoms with van der Waals surface area (Å²) >= 11 is 0. The number of nitrogens with two attached hydrogens (primary N) is 1. The first kappa shape index (κ1) is 18.4. The van der Waals surface area contributed by atoms with Crippen molar-refractivity contribution in [2.24, 2.45) is 5.73 Å². The highest BCUT2D eigenvalue weighted by Gasteiger charge is 2.18. The van der Waals surface area contributed by atoms with Gasteiger partial charge >= 0.3 is 0 Å². The van der Waals surface area contributed by atoms with Crippen LogP contribution in [-0.4, -0.2) is 34.0 Å². The van der Waals surface area contributed by atoms with E-state index in [0.29, 0.717) is 0 Å². The summed E-state index contributed by atoms with van der Waals surface area (Å²) in [5.41, 5.74) is 6.17. The highest BCUT2D eigenvalue weighted by molar-refractivity contribution is 7.90. The third-order valence-electron chi connectivity index (χ3n) is 3.73. The van der Waals surface area contributed by atoms with Crippen molar-refractivity contribution in [1.29, 1.82) is 0 Å². The van der Waals surface area contributed by atoms with Gasteiger partial charge in [-0.1, -0.05) is 17.7 Å². The molecule has 3 rings (SSSR count). The van der Waals surface area contributed by atoms with Crippen LogP contribution in [-0.2, 0) is 21.4 Å². The lowest BCUT2D eigenvalue weighted by Crippen LogP contribution is -2.19. The lowest BCUT2D eigenvalue weighted by Gasteiger charge is -2.05. The summed E-state index contributed by atoms with van der Waals surface area (Å²) in [5, 5.41) is 6.52. The molecule has 9 nitrogen and oxygen atoms in total. The number of anilines is 1. The van der Waals surface area contributed by atoms with E-state index in [0.717, 1.165) is 9.54 Å². The van der Waals surface area contributed by atoms with Gasteiger partial charge < -0.3 is 11.1 Å². The Labute approximate surface area is 155 Å². The average molecular weight is 387 g/mol. The number of aryl methyl sites for hydroxylation is 1. The highest BCUT2D eigenvalue weighted by Crippen LogP contribution is 2.16. The van der Waals surface area contributed by atoms with E-state index in [1.807, 2.05) is 6.92 Å². The number of hydrogen-bond donors (Lipinski definition) is 2. The van der Waals surface area contributed by atoms with E-state index in [2.05, 4.69) is 10.4 Å². The van der Waals surface area contributed by atoms with Crippen LogP contribution < -0.4 is 11.1 Å². The van der Waals surface area contributed by atoms with Gasteiger partial charge in [0.05, 0.1) is 10.5 Å². The Balaban J connectivity index is 1.76. The van der Waals surface area contributed by atoms with Gasteiger partial charge in [0.15, 0.2) is 5.82 Å². The molecule has 0 atom stereocenters. The minimum Gasteiger partial charge on any atom is -0.368 e. The van der Waals surface area contributed by atoms with E-state index in [4.69, 9.17) is 5.73 Å². The largest absolute Gasteiger partial charge is 0.368 e. The molecule has 27 heavy (non-hydrogen) atoms. The summed E-state index contributed by atoms with van der Waals surface area (Å²) in [7, 11) is -3.79. The minimum absolute atomic E-state index is 0.110. The average Bonchev–Trinajstić information content (AvgIpc) is 3.24. The van der Waals surface area contributed by atoms with Crippen LogP contribution in [0.15, 0.2) is 59.9 Å². The summed E-state index contributed by atoms with van der Waals surface area (Å²) in [6, 6.07) is 9.31. The first-order valence-electron chi connectivity index (χ1n) is 7.89. The van der Waals surface area contributed by atoms with Gasteiger partial charge in [0.1, 0.15) is 6.54 Å². The summed E-state index contributed by atoms with van der Waals surface area (Å²) in [4.78, 5) is 23.3. The van der Waals surface area contributed by atoms with Crippen LogP contribution in [0.1, 0.15) is 15.9 Å². The fraction of sp³-hybridized carbons (Fsp3) is 0.118. The second kappa shape index (κ2) is 7.08. The Morgan fingerprint density at radius 2 is 1.81 bits per heavy atom. The van der Waals surface area contributed by atoms with Gasteiger partial charge in [-0.3, -0.25) is 14.3 Å². The minimum atomic E-state index is -3.79. The molecule has 0 radical (unpaired) electrons. The van der Waals surface area contributed by atoms with E-state index in [1.165, 1.54) is 47.5 Å². The Bertz CT molecular complexity index is 1100. The predicted octanol–water partition coefficient (Wildman–Crippen LogP) is 0.968. The normalized spacial score (nSPS) is 11.3. The summed E-state index contributed by atoms with van der Waals surface area (Å²) in [5.74, 6) is -0.873. The van der Waals surface area contributed by atoms with Crippen LogP contribution in [0.25, 0.3) is 0 Å². The van der Waals surface area contributed by atoms with E-state index in [-0.39, 0.29) is 22.8 Å². The van der Waals surface area contributed by atoms with Crippen LogP contribution >= 0.6 is 0 Å². The van der Waals surface area contributed by atoms with E-state index >= 15 is 0 Å². The smallest absolute Gasteiger partial charge is 0.267 e. The van der Waals surface area contributed by atoms with Crippen LogP contribution in [0.5, 0.6) is 0 Å². The number of nitrogens with one attached hydrogen (secondary N) is 1. The van der Waals surface area contributed by atoms with Crippen molar-refractivity contribution in [2.45, 2.75) is 18.4 Å². The van der Waals surface area contributed by atoms with Gasteiger partial charge in [0, 0.05) is 24.7 Å². The van der Waals surface area contributed by atoms with E-state index < -0.39 is 21.8 Å². The Morgan fingerprint density at radius 1 is 1.11 bits per heavy atom. The van der Waals surface area contributed by atoms with Gasteiger partial charge in [-0.05, 0) is 25.1 Å². The number of primary amides is 1. The summed E-state index contributed by atoms with van der Waals surface area (Å²) < 4.78 is 27.5. The van der Waals surface area contributed by atoms with Gasteiger partial charge in [-0.2, -0.15) is 5.10 Å². The lowest BCUT2D eigenvalue weighted by atomic mass is 10.2. The number of nitrogens with zero attached hydrogens (tertiary/aromatic N) is 3. The predicted molar refractivity (Wildman–Crippen MR) is 97.6 cm³/mol. The van der Waals surface area contributed by atoms with Crippen LogP contribution in [0, 0.1) is 6.92 Å². The Hall–Kier alpha value is -3.40. The molecule has 2 amide bonds. The summed E-state index contributed by atoms with van der Waals surface area (Å²) in [6.07, 6.45) is 4.02. The Morgan fingerprint density at radius 3 is 2.48 bits per heavy atom. The molecular formula is C17H17N5O4S. The Kier molecular flexibility index (Phi) is 4.82. The molecule has 0 aliphatic carbocycles. The fourth-order valence-electron chi connectivity index (χ4n) is 2.36. The number of rotatable bonds is 6. The molecule has 0 aliphatic heterocycles. The number of hydrogen-bond acceptors (Lipinski definition) is 5. The summed E-state index contributed by atoms with van der Waals surface area (Å²) in [6.45, 7) is 1.75. The molecule has 3 N–H and O–H groups in total. The molecule has 2 heterocycles. The number of carbonyl (C=O) groups is 2. The number of aromatic nitrogens is 3. The third kappa shape index (κ3) is 4.06. The molecule has 2 aromatic heterocycles. The van der Waals surface area contributed by atoms with Gasteiger partial charge in [0.25, 0.3) is 15.9 Å². The first-order chi connectivity index (χ1) is 12.8. The van der Waals surface area contributed by atoms with Crippen molar-refractivity contribution in [3.63, 3.8) is 0 Å². The molecule has 0 bridgehead atoms. The molecular weight excluding hydrogens is 370 g/mol. The second-order valence-electron chi connectivity index (χ2n) is 5.87. The molecule has 0 unspecified atom stereocenters. The number of carbonyl (C=O) groups excluding carboxylic acids is 2. The van der Waals surface area contributed by atoms with Crippen LogP contribution in [0.2, 0.25) is 0 Å². The van der Waals surface area contributed by atoms with Crippen molar-refractivity contribution < 1.29 is 18.0 Å². The zero-order valence-corrected chi connectivity index (χ0v) is 15.2. The quantitative estimate of drug-likeness (QED) is 0.651. The highest BCUT2D eigenvalue weighted by atomic mass is 32.2. The number of benzene rings is 1. The molecule has 140 valence electrons. The van der Waals surface area contributed by atoms with E-state index in [9.17, 15) is 18.0 Å². The molecule has 0 spiro atoms. The van der Waals surface area contributed by atoms with Gasteiger partial charge in [0.2, 0.25) is 5.91 Å². The van der Waals surface area contributed by atoms with Crippen molar-refractivity contribution in [3.05, 3.63) is 66.1 Å². The van der Waals surface area contributed by atoms with Crippen molar-refractivity contribution >= 4 is 27.7 Å². The zero-order valence-electron chi connectivity index (χ0n) is 14.4. The maximum atomic E-state index is 12.6. The van der Waals surface area contributed by atoms with E-state index in [1.54, 1.807) is 12.1 Å². The molecule has 1 aromatic carbocycles. The van der Waals surface area contributed by atoms with Crippen molar-refractivity contribution in [3.8, 4) is 0 Å². The second-order valence-corrected chi connectivity index (χ2v) is 7.71. The van der Waals surface area contributed by atoms with Crippen LogP contribution in [0.4, 0.5) is 5.82 Å². The van der Waals surface area contributed by atoms with Crippen molar-refractivity contribution in [1.82, 2.24) is 13.8 Å². The third-order valence-corrected chi connectivity index (χ3v) is 5.38. The molecule has 0 fully saturated rings. The van der Waals surface area contributed by atoms with Gasteiger partial charge in [-0.15, -0.1) is 0 Å². The molecule has 0 aliphatic rings. The number of amides is 2. The molecule has 3 aromatic rings. The molecule has 10 heteroatoms. The van der Waals surface area contributed by atoms with Crippen molar-refractivity contribution in [2.75, 3.05) is 5.32 Å².